The molecule has 282 valence electrons. The van der Waals surface area contributed by atoms with Crippen molar-refractivity contribution in [3.63, 3.8) is 0 Å². The second-order valence-corrected chi connectivity index (χ2v) is 10.4. The van der Waals surface area contributed by atoms with Crippen molar-refractivity contribution in [1.29, 1.82) is 0 Å². The zero-order valence-corrected chi connectivity index (χ0v) is 26.1. The maximum atomic E-state index is 14.7. The summed E-state index contributed by atoms with van der Waals surface area (Å²) >= 11 is 0. The fourth-order valence-corrected chi connectivity index (χ4v) is 4.06. The summed E-state index contributed by atoms with van der Waals surface area (Å²) in [5.41, 5.74) is 12.8. The van der Waals surface area contributed by atoms with E-state index in [2.05, 4.69) is 10.3 Å². The number of hydrogen-bond donors (Lipinski definition) is 5. The van der Waals surface area contributed by atoms with Gasteiger partial charge in [0.1, 0.15) is 5.82 Å². The third-order valence-electron chi connectivity index (χ3n) is 6.56. The summed E-state index contributed by atoms with van der Waals surface area (Å²) in [4.78, 5) is 45.9. The molecule has 0 radical (unpaired) electrons. The number of benzene rings is 3. The van der Waals surface area contributed by atoms with Crippen LogP contribution in [0.15, 0.2) is 54.6 Å². The van der Waals surface area contributed by atoms with Crippen LogP contribution in [0.4, 0.5) is 45.2 Å². The third kappa shape index (κ3) is 12.2. The highest BCUT2D eigenvalue weighted by atomic mass is 19.4. The first-order valence-electron chi connectivity index (χ1n) is 14.3. The summed E-state index contributed by atoms with van der Waals surface area (Å²) in [6, 6.07) is 11.0. The molecule has 0 aliphatic carbocycles. The third-order valence-corrected chi connectivity index (χ3v) is 6.56. The number of carbonyl (C=O) groups excluding carboxylic acids is 1. The van der Waals surface area contributed by atoms with E-state index in [1.165, 1.54) is 10.6 Å². The first kappa shape index (κ1) is 42.4. The van der Waals surface area contributed by atoms with Crippen molar-refractivity contribution in [3.05, 3.63) is 93.6 Å². The van der Waals surface area contributed by atoms with Gasteiger partial charge in [0.2, 0.25) is 0 Å². The van der Waals surface area contributed by atoms with E-state index in [1.54, 1.807) is 18.2 Å². The van der Waals surface area contributed by atoms with E-state index in [9.17, 15) is 54.4 Å². The minimum Gasteiger partial charge on any atom is -0.475 e. The van der Waals surface area contributed by atoms with Gasteiger partial charge in [0, 0.05) is 30.3 Å². The van der Waals surface area contributed by atoms with Gasteiger partial charge in [-0.15, -0.1) is 0 Å². The van der Waals surface area contributed by atoms with Crippen molar-refractivity contribution in [1.82, 2.24) is 14.9 Å². The Kier molecular flexibility index (Phi) is 14.6. The number of carboxylic acid groups (broad SMARTS) is 2. The van der Waals surface area contributed by atoms with Crippen LogP contribution in [0.5, 0.6) is 0 Å². The predicted octanol–water partition coefficient (Wildman–Crippen LogP) is 5.14. The average molecular weight is 755 g/mol. The number of halogens is 9. The highest BCUT2D eigenvalue weighted by Gasteiger charge is 2.39. The highest BCUT2D eigenvalue weighted by Crippen LogP contribution is 2.28. The number of nitrogens with two attached hydrogens (primary N) is 2. The monoisotopic (exact) mass is 754 g/mol. The molecule has 22 heteroatoms. The van der Waals surface area contributed by atoms with E-state index < -0.39 is 52.6 Å². The number of non-ortho nitro benzene ring substituents is 1. The fourth-order valence-electron chi connectivity index (χ4n) is 4.06. The molecule has 0 saturated carbocycles. The molecule has 0 unspecified atom stereocenters. The number of nitrogens with zero attached hydrogens (tertiary/aromatic N) is 3. The standard InChI is InChI=1S/C26H25F3N6O3.2C2HF3O2/c27-20-7-5-19(35(37)38)10-17(20)14-34-24-12-16(15-3-6-21(28)22(29)11-15)4-8-23(24)33-25(34)26(36)32-13-18(31)2-1-9-30;2*3-2(4,5)1(6)7/h3-8,10-12,18H,1-2,9,13-14,30-31H2,(H,32,36);2*(H,6,7)/t18-;;/m0../s1. The largest absolute Gasteiger partial charge is 0.490 e. The zero-order chi connectivity index (χ0) is 39.6. The molecule has 0 aliphatic heterocycles. The molecule has 0 saturated heterocycles. The van der Waals surface area contributed by atoms with Crippen LogP contribution < -0.4 is 16.8 Å². The number of aromatic nitrogens is 2. The van der Waals surface area contributed by atoms with Crippen LogP contribution in [0.1, 0.15) is 29.0 Å². The van der Waals surface area contributed by atoms with Gasteiger partial charge in [-0.2, -0.15) is 26.3 Å². The Morgan fingerprint density at radius 2 is 1.40 bits per heavy atom. The van der Waals surface area contributed by atoms with Crippen molar-refractivity contribution < 1.29 is 69.0 Å². The molecule has 1 aromatic heterocycles. The van der Waals surface area contributed by atoms with E-state index >= 15 is 0 Å². The normalized spacial score (nSPS) is 11.8. The molecule has 0 spiro atoms. The van der Waals surface area contributed by atoms with Crippen LogP contribution in [0, 0.1) is 27.6 Å². The summed E-state index contributed by atoms with van der Waals surface area (Å²) in [5.74, 6) is -8.89. The first-order valence-corrected chi connectivity index (χ1v) is 14.3. The lowest BCUT2D eigenvalue weighted by Crippen LogP contribution is -2.38. The van der Waals surface area contributed by atoms with Gasteiger partial charge in [-0.05, 0) is 60.8 Å². The molecule has 0 bridgehead atoms. The lowest BCUT2D eigenvalue weighted by molar-refractivity contribution is -0.385. The van der Waals surface area contributed by atoms with Crippen LogP contribution in [-0.4, -0.2) is 74.0 Å². The molecule has 4 aromatic rings. The lowest BCUT2D eigenvalue weighted by atomic mass is 10.0. The number of carbonyl (C=O) groups is 3. The average Bonchev–Trinajstić information content (AvgIpc) is 3.42. The number of rotatable bonds is 10. The first-order chi connectivity index (χ1) is 24.1. The maximum absolute atomic E-state index is 14.7. The van der Waals surface area contributed by atoms with Crippen LogP contribution >= 0.6 is 0 Å². The summed E-state index contributed by atoms with van der Waals surface area (Å²) in [7, 11) is 0. The summed E-state index contributed by atoms with van der Waals surface area (Å²) in [5, 5.41) is 28.2. The van der Waals surface area contributed by atoms with Gasteiger partial charge in [0.15, 0.2) is 17.5 Å². The van der Waals surface area contributed by atoms with Crippen molar-refractivity contribution in [2.75, 3.05) is 13.1 Å². The number of alkyl halides is 6. The molecule has 0 aliphatic rings. The molecule has 1 amide bonds. The van der Waals surface area contributed by atoms with Gasteiger partial charge in [-0.3, -0.25) is 14.9 Å². The Bertz CT molecular complexity index is 1890. The number of imidazole rings is 1. The Hall–Kier alpha value is -5.77. The van der Waals surface area contributed by atoms with Gasteiger partial charge in [-0.25, -0.2) is 27.7 Å². The van der Waals surface area contributed by atoms with Crippen LogP contribution in [0.2, 0.25) is 0 Å². The highest BCUT2D eigenvalue weighted by molar-refractivity contribution is 5.95. The van der Waals surface area contributed by atoms with E-state index in [1.807, 2.05) is 0 Å². The number of fused-ring (bicyclic) bond motifs is 1. The number of hydrogen-bond acceptors (Lipinski definition) is 8. The van der Waals surface area contributed by atoms with Gasteiger partial charge in [-0.1, -0.05) is 12.1 Å². The minimum atomic E-state index is -5.08. The SMILES string of the molecule is NCCC[C@H](N)CNC(=O)c1nc2ccc(-c3ccc(F)c(F)c3)cc2n1Cc1cc([N+](=O)[O-])ccc1F.O=C(O)C(F)(F)F.O=C(O)C(F)(F)F. The van der Waals surface area contributed by atoms with Gasteiger partial charge >= 0.3 is 24.3 Å². The van der Waals surface area contributed by atoms with Crippen LogP contribution in [0.25, 0.3) is 22.2 Å². The molecule has 7 N–H and O–H groups in total. The quantitative estimate of drug-likeness (QED) is 0.0816. The topological polar surface area (TPSA) is 217 Å². The number of nitrogens with one attached hydrogen (secondary N) is 1. The lowest BCUT2D eigenvalue weighted by Gasteiger charge is -2.14. The van der Waals surface area contributed by atoms with E-state index in [4.69, 9.17) is 31.3 Å². The summed E-state index contributed by atoms with van der Waals surface area (Å²) in [6.45, 7) is 0.354. The number of nitro groups is 1. The van der Waals surface area contributed by atoms with Crippen LogP contribution in [-0.2, 0) is 16.1 Å². The van der Waals surface area contributed by atoms with Gasteiger partial charge < -0.3 is 31.6 Å². The Morgan fingerprint density at radius 1 is 0.865 bits per heavy atom. The Morgan fingerprint density at radius 3 is 1.92 bits per heavy atom. The second kappa shape index (κ2) is 17.9. The van der Waals surface area contributed by atoms with Gasteiger partial charge in [0.25, 0.3) is 11.6 Å². The van der Waals surface area contributed by atoms with Crippen molar-refractivity contribution >= 4 is 34.6 Å². The van der Waals surface area contributed by atoms with Crippen molar-refractivity contribution in [3.8, 4) is 11.1 Å². The Balaban J connectivity index is 0.000000564. The summed E-state index contributed by atoms with van der Waals surface area (Å²) < 4.78 is 107. The molecule has 1 atom stereocenters. The molecular formula is C30H27F9N6O7. The maximum Gasteiger partial charge on any atom is 0.490 e. The Labute approximate surface area is 285 Å². The van der Waals surface area contributed by atoms with Crippen LogP contribution in [0.3, 0.4) is 0 Å². The fraction of sp³-hybridized carbons (Fsp3) is 0.267. The second-order valence-electron chi connectivity index (χ2n) is 10.4. The van der Waals surface area contributed by atoms with E-state index in [-0.39, 0.29) is 36.2 Å². The van der Waals surface area contributed by atoms with Gasteiger partial charge in [0.05, 0.1) is 22.5 Å². The number of aliphatic carboxylic acids is 2. The molecule has 1 heterocycles. The zero-order valence-electron chi connectivity index (χ0n) is 26.1. The molecule has 0 fully saturated rings. The van der Waals surface area contributed by atoms with E-state index in [0.29, 0.717) is 41.5 Å². The molecule has 13 nitrogen and oxygen atoms in total. The predicted molar refractivity (Wildman–Crippen MR) is 163 cm³/mol. The molecule has 3 aromatic carbocycles. The minimum absolute atomic E-state index is 0.0366. The van der Waals surface area contributed by atoms with Crippen molar-refractivity contribution in [2.45, 2.75) is 37.8 Å². The number of nitro benzene ring substituents is 1. The molecule has 4 rings (SSSR count). The molecule has 52 heavy (non-hydrogen) atoms. The molecular weight excluding hydrogens is 727 g/mol. The summed E-state index contributed by atoms with van der Waals surface area (Å²) in [6.07, 6.45) is -8.88. The van der Waals surface area contributed by atoms with E-state index in [0.717, 1.165) is 30.3 Å². The van der Waals surface area contributed by atoms with Crippen molar-refractivity contribution in [2.24, 2.45) is 11.5 Å². The number of carboxylic acids is 2. The number of amides is 1. The smallest absolute Gasteiger partial charge is 0.475 e.